The van der Waals surface area contributed by atoms with Gasteiger partial charge in [-0.05, 0) is 96.3 Å². The average molecular weight is 1050 g/mol. The molecule has 0 aromatic heterocycles. The van der Waals surface area contributed by atoms with Crippen molar-refractivity contribution < 1.29 is 49.3 Å². The molecule has 0 aromatic rings. The highest BCUT2D eigenvalue weighted by Gasteiger charge is 2.47. The maximum Gasteiger partial charge on any atom is 0.306 e. The molecule has 426 valence electrons. The van der Waals surface area contributed by atoms with Crippen molar-refractivity contribution in [2.45, 2.75) is 256 Å². The molecule has 0 aliphatic carbocycles. The maximum atomic E-state index is 13.4. The molecule has 11 heteroatoms. The fourth-order valence-electron chi connectivity index (χ4n) is 8.31. The lowest BCUT2D eigenvalue weighted by Crippen LogP contribution is -2.61. The summed E-state index contributed by atoms with van der Waals surface area (Å²) < 4.78 is 17.5. The van der Waals surface area contributed by atoms with Gasteiger partial charge >= 0.3 is 5.97 Å². The number of allylic oxidation sites excluding steroid dienone is 19. The second kappa shape index (κ2) is 50.9. The van der Waals surface area contributed by atoms with Gasteiger partial charge < -0.3 is 45.1 Å². The molecule has 1 saturated heterocycles. The molecule has 0 spiro atoms. The molecular formula is C64H105NO10. The Hall–Kier alpha value is -3.94. The van der Waals surface area contributed by atoms with Gasteiger partial charge in [-0.1, -0.05) is 226 Å². The van der Waals surface area contributed by atoms with E-state index in [0.717, 1.165) is 103 Å². The number of hydrogen-bond acceptors (Lipinski definition) is 10. The van der Waals surface area contributed by atoms with Gasteiger partial charge in [-0.3, -0.25) is 9.59 Å². The molecule has 0 saturated carbocycles. The fourth-order valence-corrected chi connectivity index (χ4v) is 8.31. The number of aliphatic hydroxyl groups is 5. The quantitative estimate of drug-likeness (QED) is 0.0149. The number of aliphatic hydroxyl groups excluding tert-OH is 5. The van der Waals surface area contributed by atoms with E-state index in [4.69, 9.17) is 14.2 Å². The minimum absolute atomic E-state index is 0.0880. The van der Waals surface area contributed by atoms with Crippen LogP contribution in [0.15, 0.2) is 122 Å². The molecule has 8 unspecified atom stereocenters. The molecule has 0 aromatic carbocycles. The fraction of sp³-hybridized carbons (Fsp3) is 0.656. The van der Waals surface area contributed by atoms with Crippen LogP contribution in [-0.4, -0.2) is 99.6 Å². The molecule has 6 N–H and O–H groups in total. The predicted octanol–water partition coefficient (Wildman–Crippen LogP) is 13.5. The number of nitrogens with one attached hydrogen (secondary N) is 1. The molecule has 8 atom stereocenters. The topological polar surface area (TPSA) is 175 Å². The Balaban J connectivity index is 2.78. The molecule has 1 aliphatic heterocycles. The second-order valence-corrected chi connectivity index (χ2v) is 19.7. The summed E-state index contributed by atoms with van der Waals surface area (Å²) in [6, 6.07) is -1.06. The van der Waals surface area contributed by atoms with Gasteiger partial charge in [0.15, 0.2) is 12.4 Å². The van der Waals surface area contributed by atoms with Gasteiger partial charge in [0.05, 0.1) is 25.4 Å². The highest BCUT2D eigenvalue weighted by Crippen LogP contribution is 2.26. The predicted molar refractivity (Wildman–Crippen MR) is 310 cm³/mol. The van der Waals surface area contributed by atoms with E-state index in [0.29, 0.717) is 19.3 Å². The summed E-state index contributed by atoms with van der Waals surface area (Å²) in [5.41, 5.74) is 0. The SMILES string of the molecule is CC/C=C\C/C=C\C/C=C\C/C=C\C/C=C\C/C=C\CCCC(O)C(=O)NC(COC1OC(CO)C(O)C(O)C1OC(=O)CCCCCCC\C=C/C=C/C=C/CC)C(O)/C=C/CCCCCCCCCCCCC. The number of esters is 1. The normalized spacial score (nSPS) is 20.1. The summed E-state index contributed by atoms with van der Waals surface area (Å²) in [4.78, 5) is 26.5. The number of carbonyl (C=O) groups is 2. The van der Waals surface area contributed by atoms with Crippen molar-refractivity contribution in [1.29, 1.82) is 0 Å². The van der Waals surface area contributed by atoms with Crippen molar-refractivity contribution in [2.75, 3.05) is 13.2 Å². The van der Waals surface area contributed by atoms with E-state index < -0.39 is 67.4 Å². The molecule has 1 amide bonds. The number of amides is 1. The lowest BCUT2D eigenvalue weighted by Gasteiger charge is -2.41. The van der Waals surface area contributed by atoms with Gasteiger partial charge in [-0.2, -0.15) is 0 Å². The Kier molecular flexibility index (Phi) is 46.8. The van der Waals surface area contributed by atoms with Gasteiger partial charge in [0.2, 0.25) is 5.91 Å². The van der Waals surface area contributed by atoms with Gasteiger partial charge in [-0.15, -0.1) is 0 Å². The number of unbranched alkanes of at least 4 members (excludes halogenated alkanes) is 17. The van der Waals surface area contributed by atoms with E-state index in [1.54, 1.807) is 6.08 Å². The molecule has 1 fully saturated rings. The van der Waals surface area contributed by atoms with Crippen molar-refractivity contribution in [3.63, 3.8) is 0 Å². The highest BCUT2D eigenvalue weighted by molar-refractivity contribution is 5.80. The molecule has 0 radical (unpaired) electrons. The highest BCUT2D eigenvalue weighted by atomic mass is 16.7. The number of ether oxygens (including phenoxy) is 3. The lowest BCUT2D eigenvalue weighted by molar-refractivity contribution is -0.305. The van der Waals surface area contributed by atoms with Crippen LogP contribution < -0.4 is 5.32 Å². The third-order valence-corrected chi connectivity index (χ3v) is 12.9. The van der Waals surface area contributed by atoms with Gasteiger partial charge in [0.25, 0.3) is 0 Å². The maximum absolute atomic E-state index is 13.4. The largest absolute Gasteiger partial charge is 0.454 e. The van der Waals surface area contributed by atoms with E-state index in [1.807, 2.05) is 30.4 Å². The first-order chi connectivity index (χ1) is 36.7. The average Bonchev–Trinajstić information content (AvgIpc) is 3.41. The summed E-state index contributed by atoms with van der Waals surface area (Å²) >= 11 is 0. The van der Waals surface area contributed by atoms with Gasteiger partial charge in [-0.25, -0.2) is 0 Å². The zero-order valence-corrected chi connectivity index (χ0v) is 46.9. The van der Waals surface area contributed by atoms with Crippen molar-refractivity contribution in [2.24, 2.45) is 0 Å². The van der Waals surface area contributed by atoms with Crippen LogP contribution in [0.1, 0.15) is 207 Å². The summed E-state index contributed by atoms with van der Waals surface area (Å²) in [5.74, 6) is -1.27. The van der Waals surface area contributed by atoms with E-state index >= 15 is 0 Å². The van der Waals surface area contributed by atoms with E-state index in [-0.39, 0.29) is 19.4 Å². The molecular weight excluding hydrogens is 943 g/mol. The minimum atomic E-state index is -1.64. The zero-order valence-electron chi connectivity index (χ0n) is 46.9. The van der Waals surface area contributed by atoms with E-state index in [9.17, 15) is 35.1 Å². The van der Waals surface area contributed by atoms with Gasteiger partial charge in [0.1, 0.15) is 24.4 Å². The van der Waals surface area contributed by atoms with Crippen LogP contribution in [0.2, 0.25) is 0 Å². The monoisotopic (exact) mass is 1050 g/mol. The minimum Gasteiger partial charge on any atom is -0.454 e. The Morgan fingerprint density at radius 3 is 1.57 bits per heavy atom. The zero-order chi connectivity index (χ0) is 54.7. The Morgan fingerprint density at radius 1 is 0.547 bits per heavy atom. The lowest BCUT2D eigenvalue weighted by atomic mass is 9.99. The van der Waals surface area contributed by atoms with Gasteiger partial charge in [0, 0.05) is 6.42 Å². The number of hydrogen-bond donors (Lipinski definition) is 6. The Labute approximate surface area is 455 Å². The summed E-state index contributed by atoms with van der Waals surface area (Å²) in [6.07, 6.45) is 59.6. The van der Waals surface area contributed by atoms with Crippen LogP contribution in [0.25, 0.3) is 0 Å². The summed E-state index contributed by atoms with van der Waals surface area (Å²) in [6.45, 7) is 5.48. The molecule has 11 nitrogen and oxygen atoms in total. The second-order valence-electron chi connectivity index (χ2n) is 19.7. The molecule has 75 heavy (non-hydrogen) atoms. The van der Waals surface area contributed by atoms with Crippen LogP contribution in [0, 0.1) is 0 Å². The molecule has 1 aliphatic rings. The third-order valence-electron chi connectivity index (χ3n) is 12.9. The third kappa shape index (κ3) is 39.1. The van der Waals surface area contributed by atoms with E-state index in [1.165, 1.54) is 51.4 Å². The first kappa shape index (κ1) is 69.1. The summed E-state index contributed by atoms with van der Waals surface area (Å²) in [7, 11) is 0. The number of carbonyl (C=O) groups excluding carboxylic acids is 2. The van der Waals surface area contributed by atoms with Crippen LogP contribution in [0.3, 0.4) is 0 Å². The first-order valence-electron chi connectivity index (χ1n) is 29.3. The number of rotatable bonds is 47. The summed E-state index contributed by atoms with van der Waals surface area (Å²) in [5, 5.41) is 56.8. The smallest absolute Gasteiger partial charge is 0.306 e. The van der Waals surface area contributed by atoms with Crippen LogP contribution in [-0.2, 0) is 23.8 Å². The van der Waals surface area contributed by atoms with Crippen molar-refractivity contribution in [1.82, 2.24) is 5.32 Å². The first-order valence-corrected chi connectivity index (χ1v) is 29.3. The molecule has 1 rings (SSSR count). The molecule has 0 bridgehead atoms. The standard InChI is InChI=1S/C64H105NO10/c1-4-7-10-13-16-19-22-25-26-27-28-29-30-31-34-36-39-42-45-48-51-57(68)63(72)65-55(56(67)50-47-44-41-38-35-32-23-20-17-14-11-8-5-2)54-73-64-62(61(71)60(70)58(53-66)74-64)75-59(69)52-49-46-43-40-37-33-24-21-18-15-12-9-6-3/h7,9-10,12,15-16,18-19,21,24-26,28-29,31,34,39,42,47,50,55-58,60-62,64,66-68,70-71H,4-6,8,11,13-14,17,20,22-23,27,30,32-33,35-38,40-41,43-46,48-49,51-54H2,1-3H3,(H,65,72)/b10-7-,12-9+,18-15+,19-16-,24-21-,26-25-,29-28-,34-31-,42-39-,50-47+. The van der Waals surface area contributed by atoms with Crippen molar-refractivity contribution >= 4 is 11.9 Å². The van der Waals surface area contributed by atoms with Crippen molar-refractivity contribution in [3.8, 4) is 0 Å². The molecule has 1 heterocycles. The van der Waals surface area contributed by atoms with Crippen LogP contribution in [0.5, 0.6) is 0 Å². The van der Waals surface area contributed by atoms with Crippen molar-refractivity contribution in [3.05, 3.63) is 122 Å². The van der Waals surface area contributed by atoms with Crippen LogP contribution in [0.4, 0.5) is 0 Å². The Bertz CT molecular complexity index is 1680. The Morgan fingerprint density at radius 2 is 1.03 bits per heavy atom. The van der Waals surface area contributed by atoms with E-state index in [2.05, 4.69) is 111 Å². The van der Waals surface area contributed by atoms with Crippen LogP contribution >= 0.6 is 0 Å².